The van der Waals surface area contributed by atoms with Crippen molar-refractivity contribution < 1.29 is 12.8 Å². The highest BCUT2D eigenvalue weighted by Crippen LogP contribution is 2.43. The fourth-order valence-corrected chi connectivity index (χ4v) is 7.07. The number of fused-ring (bicyclic) bond motifs is 1. The van der Waals surface area contributed by atoms with Gasteiger partial charge in [-0.1, -0.05) is 63.9 Å². The molecule has 37 heavy (non-hydrogen) atoms. The van der Waals surface area contributed by atoms with Gasteiger partial charge in [-0.15, -0.1) is 0 Å². The van der Waals surface area contributed by atoms with Gasteiger partial charge in [0, 0.05) is 30.7 Å². The van der Waals surface area contributed by atoms with Crippen LogP contribution in [0.3, 0.4) is 0 Å². The van der Waals surface area contributed by atoms with Crippen LogP contribution in [0.2, 0.25) is 0 Å². The van der Waals surface area contributed by atoms with Gasteiger partial charge in [-0.25, -0.2) is 12.8 Å². The van der Waals surface area contributed by atoms with Crippen molar-refractivity contribution in [1.29, 1.82) is 0 Å². The maximum Gasteiger partial charge on any atom is 0.261 e. The SMILES string of the molecule is CC(C)(C)c1ccc(C2(CN3CCc4cc(S(=O)(=O)Nc5ccc(F)cc5)ccc4C3)CCCC2)cc1. The van der Waals surface area contributed by atoms with E-state index in [1.54, 1.807) is 12.1 Å². The van der Waals surface area contributed by atoms with E-state index in [-0.39, 0.29) is 15.7 Å². The fourth-order valence-electron chi connectivity index (χ4n) is 5.96. The summed E-state index contributed by atoms with van der Waals surface area (Å²) in [5.74, 6) is -0.400. The van der Waals surface area contributed by atoms with Crippen LogP contribution in [-0.4, -0.2) is 26.4 Å². The predicted molar refractivity (Wildman–Crippen MR) is 148 cm³/mol. The minimum Gasteiger partial charge on any atom is -0.298 e. The van der Waals surface area contributed by atoms with Crippen molar-refractivity contribution in [3.63, 3.8) is 0 Å². The molecule has 3 aromatic carbocycles. The zero-order chi connectivity index (χ0) is 26.3. The van der Waals surface area contributed by atoms with Crippen molar-refractivity contribution in [3.05, 3.63) is 94.8 Å². The summed E-state index contributed by atoms with van der Waals surface area (Å²) < 4.78 is 41.6. The summed E-state index contributed by atoms with van der Waals surface area (Å²) in [5.41, 5.74) is 5.81. The topological polar surface area (TPSA) is 49.4 Å². The average molecular weight is 521 g/mol. The van der Waals surface area contributed by atoms with Gasteiger partial charge < -0.3 is 0 Å². The molecule has 0 bridgehead atoms. The van der Waals surface area contributed by atoms with Crippen molar-refractivity contribution in [1.82, 2.24) is 4.90 Å². The molecule has 0 atom stereocenters. The first-order valence-corrected chi connectivity index (χ1v) is 14.8. The molecule has 0 saturated heterocycles. The lowest BCUT2D eigenvalue weighted by atomic mass is 9.76. The van der Waals surface area contributed by atoms with E-state index in [0.717, 1.165) is 31.6 Å². The zero-order valence-corrected chi connectivity index (χ0v) is 22.9. The molecule has 1 fully saturated rings. The van der Waals surface area contributed by atoms with Crippen molar-refractivity contribution in [2.45, 2.75) is 75.1 Å². The normalized spacial score (nSPS) is 17.9. The number of benzene rings is 3. The predicted octanol–water partition coefficient (Wildman–Crippen LogP) is 6.79. The lowest BCUT2D eigenvalue weighted by molar-refractivity contribution is 0.191. The molecule has 6 heteroatoms. The van der Waals surface area contributed by atoms with E-state index in [9.17, 15) is 12.8 Å². The second-order valence-corrected chi connectivity index (χ2v) is 13.5. The van der Waals surface area contributed by atoms with Crippen molar-refractivity contribution in [2.24, 2.45) is 0 Å². The second-order valence-electron chi connectivity index (χ2n) is 11.8. The Morgan fingerprint density at radius 2 is 1.59 bits per heavy atom. The summed E-state index contributed by atoms with van der Waals surface area (Å²) in [7, 11) is -3.74. The van der Waals surface area contributed by atoms with Crippen LogP contribution in [0, 0.1) is 5.82 Å². The molecule has 1 aliphatic heterocycles. The number of halogens is 1. The van der Waals surface area contributed by atoms with Crippen molar-refractivity contribution >= 4 is 15.7 Å². The third kappa shape index (κ3) is 5.60. The Bertz CT molecular complexity index is 1350. The smallest absolute Gasteiger partial charge is 0.261 e. The fraction of sp³-hybridized carbons (Fsp3) is 0.419. The molecule has 2 aliphatic rings. The molecule has 4 nitrogen and oxygen atoms in total. The highest BCUT2D eigenvalue weighted by atomic mass is 32.2. The Hall–Kier alpha value is -2.70. The Kier molecular flexibility index (Phi) is 6.92. The Labute approximate surface area is 221 Å². The maximum atomic E-state index is 13.2. The minimum absolute atomic E-state index is 0.152. The number of hydrogen-bond acceptors (Lipinski definition) is 3. The molecule has 5 rings (SSSR count). The zero-order valence-electron chi connectivity index (χ0n) is 22.1. The summed E-state index contributed by atoms with van der Waals surface area (Å²) in [6.07, 6.45) is 5.81. The molecule has 1 aliphatic carbocycles. The van der Waals surface area contributed by atoms with E-state index in [1.165, 1.54) is 66.6 Å². The molecule has 0 spiro atoms. The Morgan fingerprint density at radius 3 is 2.24 bits per heavy atom. The van der Waals surface area contributed by atoms with Gasteiger partial charge in [-0.05, 0) is 83.3 Å². The van der Waals surface area contributed by atoms with Crippen LogP contribution in [0.15, 0.2) is 71.6 Å². The minimum atomic E-state index is -3.74. The highest BCUT2D eigenvalue weighted by molar-refractivity contribution is 7.92. The number of nitrogens with zero attached hydrogens (tertiary/aromatic N) is 1. The Balaban J connectivity index is 1.31. The van der Waals surface area contributed by atoms with E-state index in [2.05, 4.69) is 54.7 Å². The largest absolute Gasteiger partial charge is 0.298 e. The molecular weight excluding hydrogens is 483 g/mol. The van der Waals surface area contributed by atoms with Crippen LogP contribution in [0.1, 0.15) is 68.7 Å². The molecule has 196 valence electrons. The molecule has 3 aromatic rings. The summed E-state index contributed by atoms with van der Waals surface area (Å²) in [6.45, 7) is 9.57. The molecule has 1 heterocycles. The first-order chi connectivity index (χ1) is 17.5. The van der Waals surface area contributed by atoms with E-state index in [0.29, 0.717) is 5.69 Å². The van der Waals surface area contributed by atoms with Crippen LogP contribution in [0.25, 0.3) is 0 Å². The number of nitrogens with one attached hydrogen (secondary N) is 1. The number of anilines is 1. The lowest BCUT2D eigenvalue weighted by Gasteiger charge is -2.38. The lowest BCUT2D eigenvalue weighted by Crippen LogP contribution is -2.41. The van der Waals surface area contributed by atoms with Crippen molar-refractivity contribution in [2.75, 3.05) is 17.8 Å². The first kappa shape index (κ1) is 25.9. The maximum absolute atomic E-state index is 13.2. The first-order valence-electron chi connectivity index (χ1n) is 13.3. The van der Waals surface area contributed by atoms with Gasteiger partial charge in [-0.3, -0.25) is 9.62 Å². The average Bonchev–Trinajstić information content (AvgIpc) is 3.34. The standard InChI is InChI=1S/C31H37FN2O2S/c1-30(2,3)25-7-9-26(10-8-25)31(17-4-5-18-31)22-34-19-16-23-20-29(15-6-24(23)21-34)37(35,36)33-28-13-11-27(32)12-14-28/h6-15,20,33H,4-5,16-19,21-22H2,1-3H3. The molecule has 1 N–H and O–H groups in total. The molecule has 1 saturated carbocycles. The number of sulfonamides is 1. The summed E-state index contributed by atoms with van der Waals surface area (Å²) in [4.78, 5) is 2.80. The monoisotopic (exact) mass is 520 g/mol. The van der Waals surface area contributed by atoms with Crippen molar-refractivity contribution in [3.8, 4) is 0 Å². The van der Waals surface area contributed by atoms with Crippen LogP contribution in [0.5, 0.6) is 0 Å². The number of rotatable bonds is 6. The quantitative estimate of drug-likeness (QED) is 0.389. The Morgan fingerprint density at radius 1 is 0.919 bits per heavy atom. The molecular formula is C31H37FN2O2S. The van der Waals surface area contributed by atoms with Gasteiger partial charge in [0.1, 0.15) is 5.82 Å². The van der Waals surface area contributed by atoms with Crippen LogP contribution in [0.4, 0.5) is 10.1 Å². The van der Waals surface area contributed by atoms with Crippen LogP contribution < -0.4 is 4.72 Å². The highest BCUT2D eigenvalue weighted by Gasteiger charge is 2.38. The summed E-state index contributed by atoms with van der Waals surface area (Å²) in [6, 6.07) is 20.1. The number of hydrogen-bond donors (Lipinski definition) is 1. The van der Waals surface area contributed by atoms with Gasteiger partial charge in [0.15, 0.2) is 0 Å². The molecule has 0 unspecified atom stereocenters. The third-order valence-corrected chi connectivity index (χ3v) is 9.50. The summed E-state index contributed by atoms with van der Waals surface area (Å²) >= 11 is 0. The van der Waals surface area contributed by atoms with Gasteiger partial charge in [-0.2, -0.15) is 0 Å². The van der Waals surface area contributed by atoms with E-state index < -0.39 is 15.8 Å². The molecule has 0 amide bonds. The van der Waals surface area contributed by atoms with E-state index in [1.807, 2.05) is 6.07 Å². The van der Waals surface area contributed by atoms with E-state index >= 15 is 0 Å². The summed E-state index contributed by atoms with van der Waals surface area (Å²) in [5, 5.41) is 0. The molecule has 0 aromatic heterocycles. The second kappa shape index (κ2) is 9.88. The van der Waals surface area contributed by atoms with Gasteiger partial charge in [0.2, 0.25) is 0 Å². The van der Waals surface area contributed by atoms with Crippen LogP contribution in [-0.2, 0) is 33.8 Å². The molecule has 0 radical (unpaired) electrons. The van der Waals surface area contributed by atoms with Gasteiger partial charge in [0.25, 0.3) is 10.0 Å². The van der Waals surface area contributed by atoms with Gasteiger partial charge in [0.05, 0.1) is 4.90 Å². The van der Waals surface area contributed by atoms with Crippen LogP contribution >= 0.6 is 0 Å². The third-order valence-electron chi connectivity index (χ3n) is 8.13. The van der Waals surface area contributed by atoms with E-state index in [4.69, 9.17) is 0 Å². The van der Waals surface area contributed by atoms with Gasteiger partial charge >= 0.3 is 0 Å².